The van der Waals surface area contributed by atoms with Crippen LogP contribution in [0, 0.1) is 20.8 Å². The van der Waals surface area contributed by atoms with Crippen LogP contribution in [0.2, 0.25) is 0 Å². The van der Waals surface area contributed by atoms with E-state index in [9.17, 15) is 31.4 Å². The molecule has 0 heterocycles. The SMILES string of the molecule is Cc1cc(Oc2cccc(N(C[C@H](O)C(F)(F)F)Oc3cccc(C(F)(F)F)c3)c2)cc(C)c1C. The molecule has 3 aromatic carbocycles. The molecule has 3 aromatic rings. The maximum absolute atomic E-state index is 13.1. The zero-order chi connectivity index (χ0) is 26.0. The van der Waals surface area contributed by atoms with E-state index >= 15 is 0 Å². The van der Waals surface area contributed by atoms with E-state index in [2.05, 4.69) is 0 Å². The maximum Gasteiger partial charge on any atom is 0.416 e. The fourth-order valence-corrected chi connectivity index (χ4v) is 3.21. The lowest BCUT2D eigenvalue weighted by atomic mass is 10.0. The van der Waals surface area contributed by atoms with Crippen molar-refractivity contribution in [1.82, 2.24) is 0 Å². The average molecular weight is 499 g/mol. The van der Waals surface area contributed by atoms with Gasteiger partial charge in [0.15, 0.2) is 11.9 Å². The Kier molecular flexibility index (Phi) is 7.54. The van der Waals surface area contributed by atoms with Crippen LogP contribution in [0.25, 0.3) is 0 Å². The predicted octanol–water partition coefficient (Wildman–Crippen LogP) is 7.15. The summed E-state index contributed by atoms with van der Waals surface area (Å²) in [5, 5.41) is 10.3. The molecule has 0 aliphatic carbocycles. The number of aryl methyl sites for hydroxylation is 2. The van der Waals surface area contributed by atoms with Crippen molar-refractivity contribution < 1.29 is 41.0 Å². The highest BCUT2D eigenvalue weighted by Crippen LogP contribution is 2.33. The summed E-state index contributed by atoms with van der Waals surface area (Å²) in [5.74, 6) is 0.401. The van der Waals surface area contributed by atoms with E-state index in [4.69, 9.17) is 9.57 Å². The van der Waals surface area contributed by atoms with Gasteiger partial charge in [0, 0.05) is 6.07 Å². The Balaban J connectivity index is 1.93. The molecule has 1 N–H and O–H groups in total. The second-order valence-corrected chi connectivity index (χ2v) is 8.02. The Bertz CT molecular complexity index is 1150. The fourth-order valence-electron chi connectivity index (χ4n) is 3.21. The molecule has 10 heteroatoms. The van der Waals surface area contributed by atoms with Crippen molar-refractivity contribution in [2.24, 2.45) is 0 Å². The third kappa shape index (κ3) is 6.82. The highest BCUT2D eigenvalue weighted by atomic mass is 19.4. The second-order valence-electron chi connectivity index (χ2n) is 8.02. The number of anilines is 1. The number of alkyl halides is 6. The molecular weight excluding hydrogens is 476 g/mol. The van der Waals surface area contributed by atoms with E-state index < -0.39 is 30.6 Å². The number of aliphatic hydroxyl groups is 1. The first-order chi connectivity index (χ1) is 16.2. The molecule has 0 unspecified atom stereocenters. The molecule has 35 heavy (non-hydrogen) atoms. The van der Waals surface area contributed by atoms with Gasteiger partial charge in [-0.25, -0.2) is 5.06 Å². The van der Waals surface area contributed by atoms with Gasteiger partial charge in [-0.05, 0) is 79.9 Å². The number of benzene rings is 3. The number of halogens is 6. The molecule has 0 amide bonds. The minimum Gasteiger partial charge on any atom is -0.457 e. The second kappa shape index (κ2) is 10.1. The minimum absolute atomic E-state index is 0.0313. The smallest absolute Gasteiger partial charge is 0.416 e. The molecule has 3 rings (SSSR count). The number of hydrogen-bond donors (Lipinski definition) is 1. The van der Waals surface area contributed by atoms with Crippen LogP contribution < -0.4 is 14.6 Å². The van der Waals surface area contributed by atoms with Crippen molar-refractivity contribution in [2.45, 2.75) is 39.2 Å². The monoisotopic (exact) mass is 499 g/mol. The van der Waals surface area contributed by atoms with Crippen molar-refractivity contribution in [3.63, 3.8) is 0 Å². The summed E-state index contributed by atoms with van der Waals surface area (Å²) in [5.41, 5.74) is 2.06. The van der Waals surface area contributed by atoms with Crippen molar-refractivity contribution in [1.29, 1.82) is 0 Å². The first kappa shape index (κ1) is 26.2. The molecule has 188 valence electrons. The van der Waals surface area contributed by atoms with Crippen LogP contribution in [0.1, 0.15) is 22.3 Å². The Morgan fingerprint density at radius 1 is 0.800 bits per heavy atom. The van der Waals surface area contributed by atoms with Crippen LogP contribution in [0.5, 0.6) is 17.2 Å². The maximum atomic E-state index is 13.1. The van der Waals surface area contributed by atoms with E-state index in [0.29, 0.717) is 16.9 Å². The number of rotatable bonds is 7. The van der Waals surface area contributed by atoms with Crippen molar-refractivity contribution in [3.8, 4) is 17.2 Å². The van der Waals surface area contributed by atoms with Crippen molar-refractivity contribution in [2.75, 3.05) is 11.6 Å². The van der Waals surface area contributed by atoms with Crippen LogP contribution in [0.3, 0.4) is 0 Å². The third-order valence-electron chi connectivity index (χ3n) is 5.34. The molecule has 1 atom stereocenters. The number of hydrogen-bond acceptors (Lipinski definition) is 4. The standard InChI is InChI=1S/C25H23F6NO3/c1-15-10-22(11-16(2)17(15)3)34-20-8-5-7-19(13-20)32(14-23(33)25(29,30)31)35-21-9-4-6-18(12-21)24(26,27)28/h4-13,23,33H,14H2,1-3H3/t23-/m0/s1. The van der Waals surface area contributed by atoms with Crippen LogP contribution in [-0.4, -0.2) is 23.9 Å². The van der Waals surface area contributed by atoms with Gasteiger partial charge in [-0.2, -0.15) is 26.3 Å². The number of ether oxygens (including phenoxy) is 1. The van der Waals surface area contributed by atoms with E-state index in [1.54, 1.807) is 18.2 Å². The van der Waals surface area contributed by atoms with E-state index in [1.807, 2.05) is 20.8 Å². The first-order valence-electron chi connectivity index (χ1n) is 10.5. The van der Waals surface area contributed by atoms with Gasteiger partial charge >= 0.3 is 12.4 Å². The van der Waals surface area contributed by atoms with Crippen LogP contribution in [-0.2, 0) is 6.18 Å². The molecule has 0 radical (unpaired) electrons. The lowest BCUT2D eigenvalue weighted by molar-refractivity contribution is -0.202. The molecule has 0 aliphatic heterocycles. The summed E-state index contributed by atoms with van der Waals surface area (Å²) >= 11 is 0. The quantitative estimate of drug-likeness (QED) is 0.277. The van der Waals surface area contributed by atoms with Gasteiger partial charge in [-0.3, -0.25) is 0 Å². The zero-order valence-corrected chi connectivity index (χ0v) is 19.0. The highest BCUT2D eigenvalue weighted by Gasteiger charge is 2.40. The van der Waals surface area contributed by atoms with E-state index in [-0.39, 0.29) is 17.2 Å². The topological polar surface area (TPSA) is 41.9 Å². The zero-order valence-electron chi connectivity index (χ0n) is 19.0. The summed E-state index contributed by atoms with van der Waals surface area (Å²) in [4.78, 5) is 5.38. The number of hydroxylamine groups is 1. The molecule has 0 saturated heterocycles. The fraction of sp³-hybridized carbons (Fsp3) is 0.280. The Morgan fingerprint density at radius 3 is 2.00 bits per heavy atom. The number of aliphatic hydroxyl groups excluding tert-OH is 1. The molecular formula is C25H23F6NO3. The molecule has 0 aromatic heterocycles. The van der Waals surface area contributed by atoms with Crippen molar-refractivity contribution in [3.05, 3.63) is 82.9 Å². The first-order valence-corrected chi connectivity index (χ1v) is 10.5. The van der Waals surface area contributed by atoms with Gasteiger partial charge in [-0.1, -0.05) is 12.1 Å². The Labute approximate surface area is 198 Å². The van der Waals surface area contributed by atoms with Gasteiger partial charge in [0.1, 0.15) is 11.5 Å². The van der Waals surface area contributed by atoms with E-state index in [1.165, 1.54) is 24.3 Å². The summed E-state index contributed by atoms with van der Waals surface area (Å²) in [7, 11) is 0. The molecule has 0 saturated carbocycles. The number of nitrogens with zero attached hydrogens (tertiary/aromatic N) is 1. The lowest BCUT2D eigenvalue weighted by Gasteiger charge is -2.28. The minimum atomic E-state index is -4.97. The van der Waals surface area contributed by atoms with Crippen molar-refractivity contribution >= 4 is 5.69 Å². The molecule has 0 spiro atoms. The van der Waals surface area contributed by atoms with Crippen LogP contribution in [0.4, 0.5) is 32.0 Å². The van der Waals surface area contributed by atoms with Gasteiger partial charge < -0.3 is 14.7 Å². The summed E-state index contributed by atoms with van der Waals surface area (Å²) < 4.78 is 84.2. The summed E-state index contributed by atoms with van der Waals surface area (Å²) in [6, 6.07) is 13.1. The van der Waals surface area contributed by atoms with Gasteiger partial charge in [0.2, 0.25) is 0 Å². The Hall–Kier alpha value is -3.40. The molecule has 0 aliphatic rings. The average Bonchev–Trinajstić information content (AvgIpc) is 2.76. The van der Waals surface area contributed by atoms with Gasteiger partial charge in [0.05, 0.1) is 17.8 Å². The lowest BCUT2D eigenvalue weighted by Crippen LogP contribution is -2.42. The molecule has 0 fully saturated rings. The third-order valence-corrected chi connectivity index (χ3v) is 5.34. The predicted molar refractivity (Wildman–Crippen MR) is 119 cm³/mol. The normalized spacial score (nSPS) is 12.9. The van der Waals surface area contributed by atoms with Crippen LogP contribution in [0.15, 0.2) is 60.7 Å². The Morgan fingerprint density at radius 2 is 1.40 bits per heavy atom. The summed E-state index contributed by atoms with van der Waals surface area (Å²) in [6.45, 7) is 4.69. The van der Waals surface area contributed by atoms with Gasteiger partial charge in [-0.15, -0.1) is 0 Å². The largest absolute Gasteiger partial charge is 0.457 e. The van der Waals surface area contributed by atoms with E-state index in [0.717, 1.165) is 28.8 Å². The molecule has 4 nitrogen and oxygen atoms in total. The summed E-state index contributed by atoms with van der Waals surface area (Å²) in [6.07, 6.45) is -12.5. The molecule has 0 bridgehead atoms. The highest BCUT2D eigenvalue weighted by molar-refractivity contribution is 5.51. The van der Waals surface area contributed by atoms with Gasteiger partial charge in [0.25, 0.3) is 0 Å². The van der Waals surface area contributed by atoms with Crippen LogP contribution >= 0.6 is 0 Å².